The zero-order valence-electron chi connectivity index (χ0n) is 18.8. The van der Waals surface area contributed by atoms with Crippen molar-refractivity contribution in [3.63, 3.8) is 0 Å². The molecule has 1 aliphatic heterocycles. The van der Waals surface area contributed by atoms with Gasteiger partial charge in [0, 0.05) is 24.3 Å². The monoisotopic (exact) mass is 497 g/mol. The van der Waals surface area contributed by atoms with E-state index in [9.17, 15) is 4.79 Å². The normalized spacial score (nSPS) is 16.0. The van der Waals surface area contributed by atoms with Crippen LogP contribution in [0.25, 0.3) is 16.2 Å². The Kier molecular flexibility index (Phi) is 6.30. The highest BCUT2D eigenvalue weighted by Gasteiger charge is 2.28. The van der Waals surface area contributed by atoms with Crippen molar-refractivity contribution in [2.45, 2.75) is 12.8 Å². The average molecular weight is 498 g/mol. The van der Waals surface area contributed by atoms with Crippen LogP contribution in [-0.2, 0) is 4.79 Å². The van der Waals surface area contributed by atoms with Gasteiger partial charge < -0.3 is 19.7 Å². The summed E-state index contributed by atoms with van der Waals surface area (Å²) in [6, 6.07) is 13.0. The van der Waals surface area contributed by atoms with Gasteiger partial charge in [-0.1, -0.05) is 22.9 Å². The van der Waals surface area contributed by atoms with E-state index in [0.717, 1.165) is 46.5 Å². The van der Waals surface area contributed by atoms with Crippen LogP contribution in [-0.4, -0.2) is 47.8 Å². The number of carbonyl (C=O) groups excluding carboxylic acids is 1. The number of halogens is 1. The van der Waals surface area contributed by atoms with Crippen LogP contribution in [0.2, 0.25) is 5.02 Å². The largest absolute Gasteiger partial charge is 0.497 e. The fourth-order valence-corrected chi connectivity index (χ4v) is 5.25. The third-order valence-electron chi connectivity index (χ3n) is 5.90. The highest BCUT2D eigenvalue weighted by atomic mass is 35.5. The standard InChI is InChI=1S/C24H24ClN5O3S/c1-32-18-8-5-15(6-9-18)20-14-30-23(27-20)34-24(28-30)29-11-3-4-16(13-29)22(31)26-17-7-10-21(33-2)19(25)12-17/h5-10,12,14,16H,3-4,11,13H2,1-2H3,(H,26,31)/t16-/m1/s1. The molecule has 1 N–H and O–H groups in total. The Labute approximate surface area is 206 Å². The molecule has 1 fully saturated rings. The summed E-state index contributed by atoms with van der Waals surface area (Å²) in [4.78, 5) is 20.6. The Morgan fingerprint density at radius 1 is 1.18 bits per heavy atom. The van der Waals surface area contributed by atoms with Gasteiger partial charge in [-0.25, -0.2) is 9.50 Å². The topological polar surface area (TPSA) is 81.0 Å². The molecule has 4 aromatic rings. The summed E-state index contributed by atoms with van der Waals surface area (Å²) in [5.41, 5.74) is 2.53. The quantitative estimate of drug-likeness (QED) is 0.404. The Balaban J connectivity index is 1.27. The molecule has 5 rings (SSSR count). The summed E-state index contributed by atoms with van der Waals surface area (Å²) in [6.45, 7) is 1.47. The maximum absolute atomic E-state index is 12.9. The molecule has 1 aliphatic rings. The number of hydrogen-bond acceptors (Lipinski definition) is 7. The van der Waals surface area contributed by atoms with Crippen LogP contribution in [0, 0.1) is 5.92 Å². The van der Waals surface area contributed by atoms with Gasteiger partial charge in [0.1, 0.15) is 11.5 Å². The fraction of sp³-hybridized carbons (Fsp3) is 0.292. The minimum atomic E-state index is -0.138. The van der Waals surface area contributed by atoms with Crippen molar-refractivity contribution < 1.29 is 14.3 Å². The van der Waals surface area contributed by atoms with Gasteiger partial charge in [-0.2, -0.15) is 0 Å². The lowest BCUT2D eigenvalue weighted by Crippen LogP contribution is -2.40. The summed E-state index contributed by atoms with van der Waals surface area (Å²) < 4.78 is 12.2. The van der Waals surface area contributed by atoms with E-state index >= 15 is 0 Å². The van der Waals surface area contributed by atoms with Crippen molar-refractivity contribution in [1.29, 1.82) is 0 Å². The summed E-state index contributed by atoms with van der Waals surface area (Å²) in [5, 5.41) is 9.05. The molecule has 0 spiro atoms. The molecule has 1 saturated heterocycles. The maximum atomic E-state index is 12.9. The minimum Gasteiger partial charge on any atom is -0.497 e. The lowest BCUT2D eigenvalue weighted by atomic mass is 9.97. The fourth-order valence-electron chi connectivity index (χ4n) is 4.07. The first-order chi connectivity index (χ1) is 16.5. The number of aromatic nitrogens is 3. The van der Waals surface area contributed by atoms with Crippen molar-refractivity contribution in [3.05, 3.63) is 53.7 Å². The summed E-state index contributed by atoms with van der Waals surface area (Å²) in [7, 11) is 3.21. The SMILES string of the molecule is COc1ccc(-c2cn3nc(N4CCC[C@@H](C(=O)Nc5ccc(OC)c(Cl)c5)C4)sc3n2)cc1. The van der Waals surface area contributed by atoms with Crippen molar-refractivity contribution in [3.8, 4) is 22.8 Å². The molecule has 176 valence electrons. The Bertz CT molecular complexity index is 1290. The number of nitrogens with zero attached hydrogens (tertiary/aromatic N) is 4. The number of methoxy groups -OCH3 is 2. The maximum Gasteiger partial charge on any atom is 0.229 e. The average Bonchev–Trinajstić information content (AvgIpc) is 3.44. The third-order valence-corrected chi connectivity index (χ3v) is 7.18. The molecule has 0 radical (unpaired) electrons. The molecule has 8 nitrogen and oxygen atoms in total. The van der Waals surface area contributed by atoms with Gasteiger partial charge >= 0.3 is 0 Å². The number of imidazole rings is 1. The Morgan fingerprint density at radius 3 is 2.71 bits per heavy atom. The molecular formula is C24H24ClN5O3S. The van der Waals surface area contributed by atoms with Gasteiger partial charge in [0.25, 0.3) is 0 Å². The van der Waals surface area contributed by atoms with Crippen LogP contribution in [0.1, 0.15) is 12.8 Å². The molecule has 1 atom stereocenters. The van der Waals surface area contributed by atoms with Gasteiger partial charge in [-0.15, -0.1) is 5.10 Å². The van der Waals surface area contributed by atoms with E-state index in [-0.39, 0.29) is 11.8 Å². The predicted molar refractivity (Wildman–Crippen MR) is 134 cm³/mol. The summed E-state index contributed by atoms with van der Waals surface area (Å²) >= 11 is 7.72. The smallest absolute Gasteiger partial charge is 0.229 e. The lowest BCUT2D eigenvalue weighted by Gasteiger charge is -2.31. The highest BCUT2D eigenvalue weighted by Crippen LogP contribution is 2.31. The molecule has 3 heterocycles. The van der Waals surface area contributed by atoms with Crippen LogP contribution in [0.3, 0.4) is 0 Å². The second-order valence-corrected chi connectivity index (χ2v) is 9.43. The van der Waals surface area contributed by atoms with Crippen LogP contribution in [0.4, 0.5) is 10.8 Å². The summed E-state index contributed by atoms with van der Waals surface area (Å²) in [5.74, 6) is 1.23. The van der Waals surface area contributed by atoms with Crippen LogP contribution >= 0.6 is 22.9 Å². The van der Waals surface area contributed by atoms with Crippen LogP contribution < -0.4 is 19.7 Å². The lowest BCUT2D eigenvalue weighted by molar-refractivity contribution is -0.120. The van der Waals surface area contributed by atoms with Crippen LogP contribution in [0.5, 0.6) is 11.5 Å². The number of fused-ring (bicyclic) bond motifs is 1. The summed E-state index contributed by atoms with van der Waals surface area (Å²) in [6.07, 6.45) is 3.68. The van der Waals surface area contributed by atoms with Crippen molar-refractivity contribution in [1.82, 2.24) is 14.6 Å². The molecule has 0 saturated carbocycles. The number of nitrogens with one attached hydrogen (secondary N) is 1. The first-order valence-electron chi connectivity index (χ1n) is 10.9. The molecular weight excluding hydrogens is 474 g/mol. The molecule has 10 heteroatoms. The van der Waals surface area contributed by atoms with E-state index in [1.54, 1.807) is 32.4 Å². The van der Waals surface area contributed by atoms with E-state index in [4.69, 9.17) is 31.2 Å². The number of anilines is 2. The van der Waals surface area contributed by atoms with Crippen molar-refractivity contribution in [2.75, 3.05) is 37.5 Å². The molecule has 2 aromatic heterocycles. The second-order valence-electron chi connectivity index (χ2n) is 8.09. The van der Waals surface area contributed by atoms with Crippen molar-refractivity contribution >= 4 is 44.6 Å². The zero-order valence-corrected chi connectivity index (χ0v) is 20.4. The van der Waals surface area contributed by atoms with E-state index in [2.05, 4.69) is 10.2 Å². The van der Waals surface area contributed by atoms with Crippen LogP contribution in [0.15, 0.2) is 48.7 Å². The number of rotatable bonds is 6. The van der Waals surface area contributed by atoms with Gasteiger partial charge in [0.15, 0.2) is 0 Å². The first kappa shape index (κ1) is 22.5. The van der Waals surface area contributed by atoms with Gasteiger partial charge in [-0.3, -0.25) is 4.79 Å². The van der Waals surface area contributed by atoms with E-state index in [1.165, 1.54) is 11.3 Å². The zero-order chi connectivity index (χ0) is 23.7. The van der Waals surface area contributed by atoms with Gasteiger partial charge in [-0.05, 0) is 55.3 Å². The number of hydrogen-bond donors (Lipinski definition) is 1. The van der Waals surface area contributed by atoms with E-state index in [1.807, 2.05) is 35.0 Å². The number of piperidine rings is 1. The minimum absolute atomic E-state index is 0.0194. The molecule has 1 amide bonds. The van der Waals surface area contributed by atoms with E-state index in [0.29, 0.717) is 23.0 Å². The van der Waals surface area contributed by atoms with E-state index < -0.39 is 0 Å². The third kappa shape index (κ3) is 4.53. The number of ether oxygens (including phenoxy) is 2. The molecule has 0 unspecified atom stereocenters. The van der Waals surface area contributed by atoms with Crippen molar-refractivity contribution in [2.24, 2.45) is 5.92 Å². The number of benzene rings is 2. The molecule has 2 aromatic carbocycles. The molecule has 0 aliphatic carbocycles. The predicted octanol–water partition coefficient (Wildman–Crippen LogP) is 4.98. The molecule has 0 bridgehead atoms. The number of carbonyl (C=O) groups is 1. The first-order valence-corrected chi connectivity index (χ1v) is 12.1. The highest BCUT2D eigenvalue weighted by molar-refractivity contribution is 7.20. The second kappa shape index (κ2) is 9.52. The van der Waals surface area contributed by atoms with Gasteiger partial charge in [0.05, 0.1) is 37.1 Å². The van der Waals surface area contributed by atoms with Gasteiger partial charge in [0.2, 0.25) is 16.0 Å². The Hall–Kier alpha value is -3.30. The number of amides is 1. The molecule has 34 heavy (non-hydrogen) atoms. The Morgan fingerprint density at radius 2 is 2.00 bits per heavy atom.